The van der Waals surface area contributed by atoms with Crippen LogP contribution in [0.2, 0.25) is 5.02 Å². The number of hydrogen-bond donors (Lipinski definition) is 2. The molecule has 1 aliphatic carbocycles. The second-order valence-electron chi connectivity index (χ2n) is 7.61. The van der Waals surface area contributed by atoms with Gasteiger partial charge in [-0.15, -0.1) is 0 Å². The number of nitrogens with zero attached hydrogens (tertiary/aromatic N) is 1. The van der Waals surface area contributed by atoms with Crippen LogP contribution in [-0.4, -0.2) is 30.1 Å². The van der Waals surface area contributed by atoms with Gasteiger partial charge in [0.05, 0.1) is 0 Å². The van der Waals surface area contributed by atoms with E-state index >= 15 is 0 Å². The van der Waals surface area contributed by atoms with Crippen molar-refractivity contribution in [1.29, 1.82) is 0 Å². The fourth-order valence-corrected chi connectivity index (χ4v) is 4.21. The molecule has 142 valence electrons. The largest absolute Gasteiger partial charge is 0.335 e. The summed E-state index contributed by atoms with van der Waals surface area (Å²) < 4.78 is 0. The van der Waals surface area contributed by atoms with Gasteiger partial charge in [0.15, 0.2) is 0 Å². The van der Waals surface area contributed by atoms with Gasteiger partial charge in [-0.25, -0.2) is 4.79 Å². The Morgan fingerprint density at radius 2 is 1.78 bits per heavy atom. The van der Waals surface area contributed by atoms with Crippen molar-refractivity contribution in [2.24, 2.45) is 0 Å². The average Bonchev–Trinajstić information content (AvgIpc) is 3.13. The second-order valence-corrected chi connectivity index (χ2v) is 8.05. The zero-order valence-electron chi connectivity index (χ0n) is 15.5. The van der Waals surface area contributed by atoms with E-state index in [0.29, 0.717) is 0 Å². The highest BCUT2D eigenvalue weighted by Gasteiger charge is 2.21. The molecule has 0 atom stereocenters. The number of aryl methyl sites for hydroxylation is 2. The van der Waals surface area contributed by atoms with Crippen LogP contribution in [0.15, 0.2) is 42.5 Å². The molecule has 2 aromatic carbocycles. The lowest BCUT2D eigenvalue weighted by Crippen LogP contribution is -2.45. The molecule has 2 N–H and O–H groups in total. The van der Waals surface area contributed by atoms with Gasteiger partial charge in [-0.05, 0) is 73.1 Å². The maximum atomic E-state index is 12.3. The maximum Gasteiger partial charge on any atom is 0.319 e. The Morgan fingerprint density at radius 1 is 1.04 bits per heavy atom. The van der Waals surface area contributed by atoms with E-state index in [2.05, 4.69) is 39.8 Å². The van der Waals surface area contributed by atoms with Crippen molar-refractivity contribution < 1.29 is 4.79 Å². The normalized spacial score (nSPS) is 17.5. The number of urea groups is 1. The molecule has 1 saturated heterocycles. The first kappa shape index (κ1) is 18.3. The smallest absolute Gasteiger partial charge is 0.319 e. The zero-order valence-corrected chi connectivity index (χ0v) is 16.3. The van der Waals surface area contributed by atoms with Crippen LogP contribution in [0.1, 0.15) is 36.0 Å². The quantitative estimate of drug-likeness (QED) is 0.809. The predicted molar refractivity (Wildman–Crippen MR) is 110 cm³/mol. The topological polar surface area (TPSA) is 44.4 Å². The molecular formula is C22H26ClN3O. The van der Waals surface area contributed by atoms with Gasteiger partial charge in [-0.2, -0.15) is 0 Å². The first-order valence-corrected chi connectivity index (χ1v) is 10.2. The summed E-state index contributed by atoms with van der Waals surface area (Å²) in [6, 6.07) is 14.5. The molecule has 0 radical (unpaired) electrons. The van der Waals surface area contributed by atoms with Gasteiger partial charge in [0.1, 0.15) is 0 Å². The van der Waals surface area contributed by atoms with E-state index < -0.39 is 0 Å². The zero-order chi connectivity index (χ0) is 18.6. The number of carbonyl (C=O) groups is 1. The Balaban J connectivity index is 1.23. The molecule has 1 heterocycles. The molecule has 4 rings (SSSR count). The van der Waals surface area contributed by atoms with Crippen molar-refractivity contribution in [1.82, 2.24) is 10.2 Å². The summed E-state index contributed by atoms with van der Waals surface area (Å²) in [4.78, 5) is 14.8. The first-order valence-electron chi connectivity index (χ1n) is 9.82. The van der Waals surface area contributed by atoms with Crippen LogP contribution in [0.3, 0.4) is 0 Å². The van der Waals surface area contributed by atoms with E-state index in [9.17, 15) is 4.79 Å². The lowest BCUT2D eigenvalue weighted by Gasteiger charge is -2.32. The highest BCUT2D eigenvalue weighted by molar-refractivity contribution is 6.30. The van der Waals surface area contributed by atoms with Crippen molar-refractivity contribution in [3.05, 3.63) is 64.2 Å². The number of halogens is 1. The number of piperidine rings is 1. The Hall–Kier alpha value is -2.04. The summed E-state index contributed by atoms with van der Waals surface area (Å²) in [7, 11) is 0. The Morgan fingerprint density at radius 3 is 2.56 bits per heavy atom. The number of likely N-dealkylation sites (tertiary alicyclic amines) is 1. The summed E-state index contributed by atoms with van der Waals surface area (Å²) >= 11 is 5.95. The molecule has 1 fully saturated rings. The third kappa shape index (κ3) is 4.82. The van der Waals surface area contributed by atoms with Crippen LogP contribution in [0.4, 0.5) is 10.5 Å². The maximum absolute atomic E-state index is 12.3. The molecule has 2 aromatic rings. The molecule has 27 heavy (non-hydrogen) atoms. The van der Waals surface area contributed by atoms with Crippen molar-refractivity contribution >= 4 is 23.3 Å². The number of amides is 2. The van der Waals surface area contributed by atoms with Crippen LogP contribution in [0.25, 0.3) is 0 Å². The monoisotopic (exact) mass is 383 g/mol. The van der Waals surface area contributed by atoms with E-state index in [1.807, 2.05) is 18.2 Å². The number of carbonyl (C=O) groups excluding carboxylic acids is 1. The highest BCUT2D eigenvalue weighted by Crippen LogP contribution is 2.25. The molecule has 0 bridgehead atoms. The molecule has 2 amide bonds. The minimum absolute atomic E-state index is 0.0934. The molecule has 1 aliphatic heterocycles. The van der Waals surface area contributed by atoms with E-state index in [1.54, 1.807) is 0 Å². The fraction of sp³-hybridized carbons (Fsp3) is 0.409. The van der Waals surface area contributed by atoms with Gasteiger partial charge in [0, 0.05) is 36.4 Å². The molecule has 2 aliphatic rings. The Labute approximate surface area is 165 Å². The van der Waals surface area contributed by atoms with Crippen LogP contribution < -0.4 is 10.6 Å². The van der Waals surface area contributed by atoms with Gasteiger partial charge < -0.3 is 10.6 Å². The van der Waals surface area contributed by atoms with E-state index in [0.717, 1.165) is 56.0 Å². The predicted octanol–water partition coefficient (Wildman–Crippen LogP) is 4.61. The van der Waals surface area contributed by atoms with Gasteiger partial charge in [-0.1, -0.05) is 29.8 Å². The number of hydrogen-bond acceptors (Lipinski definition) is 2. The minimum atomic E-state index is -0.0934. The Bertz CT molecular complexity index is 798. The second kappa shape index (κ2) is 8.32. The molecule has 0 spiro atoms. The summed E-state index contributed by atoms with van der Waals surface area (Å²) in [5.41, 5.74) is 4.98. The molecule has 5 heteroatoms. The van der Waals surface area contributed by atoms with Crippen molar-refractivity contribution in [2.75, 3.05) is 18.4 Å². The summed E-state index contributed by atoms with van der Waals surface area (Å²) in [6.45, 7) is 2.92. The molecular weight excluding hydrogens is 358 g/mol. The average molecular weight is 384 g/mol. The number of rotatable bonds is 4. The highest BCUT2D eigenvalue weighted by atomic mass is 35.5. The molecule has 4 nitrogen and oxygen atoms in total. The van der Waals surface area contributed by atoms with E-state index in [1.165, 1.54) is 23.1 Å². The number of anilines is 1. The summed E-state index contributed by atoms with van der Waals surface area (Å²) in [5, 5.41) is 6.91. The van der Waals surface area contributed by atoms with Gasteiger partial charge in [0.2, 0.25) is 0 Å². The fourth-order valence-electron chi connectivity index (χ4n) is 4.09. The standard InChI is InChI=1S/C22H26ClN3O/c23-19-7-4-16(5-8-19)15-26-12-10-20(11-13-26)24-22(27)25-21-9-6-17-2-1-3-18(17)14-21/h4-9,14,20H,1-3,10-13,15H2,(H2,24,25,27). The van der Waals surface area contributed by atoms with Crippen molar-refractivity contribution in [3.63, 3.8) is 0 Å². The van der Waals surface area contributed by atoms with E-state index in [-0.39, 0.29) is 12.1 Å². The van der Waals surface area contributed by atoms with Crippen LogP contribution in [0, 0.1) is 0 Å². The summed E-state index contributed by atoms with van der Waals surface area (Å²) in [6.07, 6.45) is 5.46. The number of nitrogens with one attached hydrogen (secondary N) is 2. The van der Waals surface area contributed by atoms with Crippen LogP contribution in [0.5, 0.6) is 0 Å². The molecule has 0 saturated carbocycles. The first-order chi connectivity index (χ1) is 13.2. The van der Waals surface area contributed by atoms with E-state index in [4.69, 9.17) is 11.6 Å². The van der Waals surface area contributed by atoms with Crippen LogP contribution in [-0.2, 0) is 19.4 Å². The number of fused-ring (bicyclic) bond motifs is 1. The lowest BCUT2D eigenvalue weighted by molar-refractivity contribution is 0.190. The Kier molecular flexibility index (Phi) is 5.65. The van der Waals surface area contributed by atoms with Crippen molar-refractivity contribution in [3.8, 4) is 0 Å². The van der Waals surface area contributed by atoms with Gasteiger partial charge in [0.25, 0.3) is 0 Å². The number of benzene rings is 2. The molecule has 0 aromatic heterocycles. The van der Waals surface area contributed by atoms with Gasteiger partial charge >= 0.3 is 6.03 Å². The summed E-state index contributed by atoms with van der Waals surface area (Å²) in [5.74, 6) is 0. The minimum Gasteiger partial charge on any atom is -0.335 e. The lowest BCUT2D eigenvalue weighted by atomic mass is 10.0. The van der Waals surface area contributed by atoms with Crippen LogP contribution >= 0.6 is 11.6 Å². The third-order valence-corrected chi connectivity index (χ3v) is 5.85. The van der Waals surface area contributed by atoms with Gasteiger partial charge in [-0.3, -0.25) is 4.90 Å². The third-order valence-electron chi connectivity index (χ3n) is 5.60. The molecule has 0 unspecified atom stereocenters. The SMILES string of the molecule is O=C(Nc1ccc2c(c1)CCC2)NC1CCN(Cc2ccc(Cl)cc2)CC1. The van der Waals surface area contributed by atoms with Crippen molar-refractivity contribution in [2.45, 2.75) is 44.7 Å².